The topological polar surface area (TPSA) is 84.7 Å². The van der Waals surface area contributed by atoms with Crippen LogP contribution in [0.2, 0.25) is 0 Å². The molecule has 2 heterocycles. The number of aromatic nitrogens is 2. The zero-order chi connectivity index (χ0) is 25.0. The first kappa shape index (κ1) is 25.2. The number of carbonyl (C=O) groups is 1. The molecule has 1 aromatic heterocycles. The molecule has 1 amide bonds. The van der Waals surface area contributed by atoms with Crippen LogP contribution in [0.4, 0.5) is 0 Å². The minimum absolute atomic E-state index is 0.0354. The van der Waals surface area contributed by atoms with E-state index in [1.165, 1.54) is 0 Å². The molecule has 0 bridgehead atoms. The Labute approximate surface area is 207 Å². The molecule has 0 atom stereocenters. The Morgan fingerprint density at radius 3 is 2.49 bits per heavy atom. The smallest absolute Gasteiger partial charge is 0.243 e. The third-order valence-electron chi connectivity index (χ3n) is 6.52. The maximum Gasteiger partial charge on any atom is 0.243 e. The van der Waals surface area contributed by atoms with Crippen LogP contribution in [-0.2, 0) is 34.3 Å². The number of imidazole rings is 1. The van der Waals surface area contributed by atoms with Crippen molar-refractivity contribution < 1.29 is 17.9 Å². The van der Waals surface area contributed by atoms with E-state index in [-0.39, 0.29) is 10.8 Å². The van der Waals surface area contributed by atoms with Gasteiger partial charge in [0, 0.05) is 46.1 Å². The summed E-state index contributed by atoms with van der Waals surface area (Å²) in [6, 6.07) is 12.9. The zero-order valence-corrected chi connectivity index (χ0v) is 21.6. The number of fused-ring (bicyclic) bond motifs is 1. The zero-order valence-electron chi connectivity index (χ0n) is 20.7. The van der Waals surface area contributed by atoms with Gasteiger partial charge in [-0.2, -0.15) is 4.31 Å². The van der Waals surface area contributed by atoms with Crippen LogP contribution < -0.4 is 4.74 Å². The fraction of sp³-hybridized carbons (Fsp3) is 0.462. The highest BCUT2D eigenvalue weighted by Gasteiger charge is 2.28. The predicted molar refractivity (Wildman–Crippen MR) is 136 cm³/mol. The number of aryl methyl sites for hydroxylation is 2. The summed E-state index contributed by atoms with van der Waals surface area (Å²) in [7, 11) is -0.0704. The number of carbonyl (C=O) groups excluding carboxylic acids is 1. The normalized spacial score (nSPS) is 14.5. The van der Waals surface area contributed by atoms with Gasteiger partial charge in [-0.05, 0) is 55.2 Å². The van der Waals surface area contributed by atoms with Gasteiger partial charge in [0.2, 0.25) is 15.9 Å². The van der Waals surface area contributed by atoms with Crippen LogP contribution in [-0.4, -0.2) is 60.3 Å². The lowest BCUT2D eigenvalue weighted by Gasteiger charge is -2.17. The third kappa shape index (κ3) is 5.51. The summed E-state index contributed by atoms with van der Waals surface area (Å²) in [4.78, 5) is 19.6. The molecular formula is C26H34N4O4S. The Bertz CT molecular complexity index is 1280. The second-order valence-corrected chi connectivity index (χ2v) is 11.0. The largest absolute Gasteiger partial charge is 0.497 e. The number of ether oxygens (including phenoxy) is 1. The molecule has 188 valence electrons. The quantitative estimate of drug-likeness (QED) is 0.424. The fourth-order valence-corrected chi connectivity index (χ4v) is 6.10. The maximum atomic E-state index is 13.0. The monoisotopic (exact) mass is 498 g/mol. The second kappa shape index (κ2) is 10.8. The van der Waals surface area contributed by atoms with Crippen LogP contribution in [0.1, 0.15) is 44.0 Å². The Balaban J connectivity index is 1.49. The molecule has 0 saturated carbocycles. The highest BCUT2D eigenvalue weighted by atomic mass is 32.2. The summed E-state index contributed by atoms with van der Waals surface area (Å²) in [6.45, 7) is 4.52. The van der Waals surface area contributed by atoms with Crippen molar-refractivity contribution in [2.75, 3.05) is 27.2 Å². The number of sulfonamides is 1. The Morgan fingerprint density at radius 2 is 1.83 bits per heavy atom. The molecule has 1 fully saturated rings. The van der Waals surface area contributed by atoms with Crippen molar-refractivity contribution in [3.63, 3.8) is 0 Å². The van der Waals surface area contributed by atoms with Crippen LogP contribution in [0.3, 0.4) is 0 Å². The Hall–Kier alpha value is -2.91. The van der Waals surface area contributed by atoms with Crippen LogP contribution in [0.15, 0.2) is 47.4 Å². The molecule has 4 rings (SSSR count). The van der Waals surface area contributed by atoms with Crippen molar-refractivity contribution in [3.05, 3.63) is 53.9 Å². The first-order valence-corrected chi connectivity index (χ1v) is 13.6. The predicted octanol–water partition coefficient (Wildman–Crippen LogP) is 3.83. The lowest BCUT2D eigenvalue weighted by molar-refractivity contribution is -0.130. The van der Waals surface area contributed by atoms with Crippen molar-refractivity contribution in [1.29, 1.82) is 0 Å². The molecule has 2 aromatic carbocycles. The van der Waals surface area contributed by atoms with E-state index in [1.807, 2.05) is 30.3 Å². The molecule has 8 nitrogen and oxygen atoms in total. The van der Waals surface area contributed by atoms with Gasteiger partial charge >= 0.3 is 0 Å². The second-order valence-electron chi connectivity index (χ2n) is 9.04. The average Bonchev–Trinajstić information content (AvgIpc) is 3.52. The van der Waals surface area contributed by atoms with E-state index in [1.54, 1.807) is 35.5 Å². The van der Waals surface area contributed by atoms with Crippen LogP contribution >= 0.6 is 0 Å². The minimum atomic E-state index is -3.50. The van der Waals surface area contributed by atoms with E-state index >= 15 is 0 Å². The summed E-state index contributed by atoms with van der Waals surface area (Å²) < 4.78 is 34.9. The van der Waals surface area contributed by atoms with Crippen molar-refractivity contribution in [3.8, 4) is 5.75 Å². The molecule has 0 unspecified atom stereocenters. The molecule has 0 radical (unpaired) electrons. The van der Waals surface area contributed by atoms with Gasteiger partial charge in [0.15, 0.2) is 0 Å². The van der Waals surface area contributed by atoms with Crippen molar-refractivity contribution in [2.45, 2.75) is 57.0 Å². The minimum Gasteiger partial charge on any atom is -0.497 e. The molecule has 1 aliphatic heterocycles. The van der Waals surface area contributed by atoms with Gasteiger partial charge < -0.3 is 14.2 Å². The van der Waals surface area contributed by atoms with E-state index in [0.717, 1.165) is 48.5 Å². The third-order valence-corrected chi connectivity index (χ3v) is 8.41. The molecule has 0 N–H and O–H groups in total. The number of amides is 1. The van der Waals surface area contributed by atoms with Gasteiger partial charge in [-0.25, -0.2) is 13.4 Å². The summed E-state index contributed by atoms with van der Waals surface area (Å²) in [6.07, 6.45) is 3.54. The molecule has 0 aliphatic carbocycles. The molecule has 1 saturated heterocycles. The molecule has 35 heavy (non-hydrogen) atoms. The van der Waals surface area contributed by atoms with Crippen molar-refractivity contribution >= 4 is 27.0 Å². The SMILES string of the molecule is CCCn1c(CCC(=O)N(C)Cc2ccc(OC)cc2)nc2cc(S(=O)(=O)N3CCCC3)ccc21. The highest BCUT2D eigenvalue weighted by Crippen LogP contribution is 2.26. The molecule has 3 aromatic rings. The van der Waals surface area contributed by atoms with Crippen LogP contribution in [0.5, 0.6) is 5.75 Å². The number of hydrogen-bond acceptors (Lipinski definition) is 5. The van der Waals surface area contributed by atoms with E-state index in [0.29, 0.717) is 38.0 Å². The number of methoxy groups -OCH3 is 1. The van der Waals surface area contributed by atoms with Gasteiger partial charge in [0.25, 0.3) is 0 Å². The van der Waals surface area contributed by atoms with Gasteiger partial charge in [-0.15, -0.1) is 0 Å². The molecule has 1 aliphatic rings. The Kier molecular flexibility index (Phi) is 7.76. The number of rotatable bonds is 10. The van der Waals surface area contributed by atoms with Gasteiger partial charge in [0.05, 0.1) is 23.0 Å². The summed E-state index contributed by atoms with van der Waals surface area (Å²) in [5.41, 5.74) is 2.60. The van der Waals surface area contributed by atoms with Gasteiger partial charge in [0.1, 0.15) is 11.6 Å². The maximum absolute atomic E-state index is 13.0. The van der Waals surface area contributed by atoms with Crippen LogP contribution in [0.25, 0.3) is 11.0 Å². The summed E-state index contributed by atoms with van der Waals surface area (Å²) in [5.74, 6) is 1.63. The Morgan fingerprint density at radius 1 is 1.11 bits per heavy atom. The molecule has 0 spiro atoms. The fourth-order valence-electron chi connectivity index (χ4n) is 4.56. The van der Waals surface area contributed by atoms with E-state index in [4.69, 9.17) is 9.72 Å². The average molecular weight is 499 g/mol. The number of benzene rings is 2. The summed E-state index contributed by atoms with van der Waals surface area (Å²) in [5, 5.41) is 0. The first-order chi connectivity index (χ1) is 16.8. The molecular weight excluding hydrogens is 464 g/mol. The van der Waals surface area contributed by atoms with Crippen molar-refractivity contribution in [1.82, 2.24) is 18.8 Å². The lowest BCUT2D eigenvalue weighted by Crippen LogP contribution is -2.27. The number of nitrogens with zero attached hydrogens (tertiary/aromatic N) is 4. The molecule has 9 heteroatoms. The van der Waals surface area contributed by atoms with Gasteiger partial charge in [-0.1, -0.05) is 19.1 Å². The lowest BCUT2D eigenvalue weighted by atomic mass is 10.2. The van der Waals surface area contributed by atoms with Gasteiger partial charge in [-0.3, -0.25) is 4.79 Å². The standard InChI is InChI=1S/C26H34N4O4S/c1-4-15-30-24-12-11-22(35(32,33)29-16-5-6-17-29)18-23(24)27-25(30)13-14-26(31)28(2)19-20-7-9-21(34-3)10-8-20/h7-12,18H,4-6,13-17,19H2,1-3H3. The van der Waals surface area contributed by atoms with Crippen molar-refractivity contribution in [2.24, 2.45) is 0 Å². The van der Waals surface area contributed by atoms with E-state index < -0.39 is 10.0 Å². The highest BCUT2D eigenvalue weighted by molar-refractivity contribution is 7.89. The first-order valence-electron chi connectivity index (χ1n) is 12.2. The summed E-state index contributed by atoms with van der Waals surface area (Å²) >= 11 is 0. The van der Waals surface area contributed by atoms with E-state index in [2.05, 4.69) is 11.5 Å². The van der Waals surface area contributed by atoms with Crippen LogP contribution in [0, 0.1) is 0 Å². The van der Waals surface area contributed by atoms with E-state index in [9.17, 15) is 13.2 Å². The number of hydrogen-bond donors (Lipinski definition) is 0.